The van der Waals surface area contributed by atoms with Crippen LogP contribution >= 0.6 is 11.6 Å². The van der Waals surface area contributed by atoms with Gasteiger partial charge in [0.25, 0.3) is 0 Å². The molecule has 19 heavy (non-hydrogen) atoms. The number of nitrogens with two attached hydrogens (primary N) is 1. The van der Waals surface area contributed by atoms with Gasteiger partial charge in [0.05, 0.1) is 10.7 Å². The van der Waals surface area contributed by atoms with Crippen molar-refractivity contribution in [1.29, 1.82) is 0 Å². The zero-order valence-electron chi connectivity index (χ0n) is 11.9. The zero-order chi connectivity index (χ0) is 13.9. The molecule has 1 aliphatic heterocycles. The van der Waals surface area contributed by atoms with E-state index in [0.29, 0.717) is 0 Å². The molecule has 1 aromatic rings. The summed E-state index contributed by atoms with van der Waals surface area (Å²) in [6.07, 6.45) is 0. The summed E-state index contributed by atoms with van der Waals surface area (Å²) in [6, 6.07) is 8.08. The van der Waals surface area contributed by atoms with Gasteiger partial charge in [0.2, 0.25) is 0 Å². The predicted molar refractivity (Wildman–Crippen MR) is 82.9 cm³/mol. The summed E-state index contributed by atoms with van der Waals surface area (Å²) in [7, 11) is 0. The van der Waals surface area contributed by atoms with Crippen molar-refractivity contribution in [3.63, 3.8) is 0 Å². The van der Waals surface area contributed by atoms with Crippen molar-refractivity contribution in [2.45, 2.75) is 13.8 Å². The largest absolute Gasteiger partial charge is 0.368 e. The molecule has 1 heterocycles. The third kappa shape index (κ3) is 3.85. The minimum absolute atomic E-state index is 0.201. The maximum absolute atomic E-state index is 6.25. The fourth-order valence-corrected chi connectivity index (χ4v) is 2.78. The molecule has 0 amide bonds. The van der Waals surface area contributed by atoms with Gasteiger partial charge in [-0.05, 0) is 24.1 Å². The molecular formula is C15H24ClN3. The van der Waals surface area contributed by atoms with E-state index in [9.17, 15) is 0 Å². The molecule has 1 fully saturated rings. The Balaban J connectivity index is 1.91. The Hall–Kier alpha value is -0.770. The van der Waals surface area contributed by atoms with Crippen molar-refractivity contribution in [1.82, 2.24) is 4.90 Å². The summed E-state index contributed by atoms with van der Waals surface area (Å²) in [5.41, 5.74) is 7.16. The van der Waals surface area contributed by atoms with Gasteiger partial charge in [0.15, 0.2) is 0 Å². The van der Waals surface area contributed by atoms with Crippen LogP contribution in [0.4, 0.5) is 5.69 Å². The Kier molecular flexibility index (Phi) is 4.71. The lowest BCUT2D eigenvalue weighted by molar-refractivity contribution is 0.174. The van der Waals surface area contributed by atoms with Gasteiger partial charge in [-0.25, -0.2) is 0 Å². The van der Waals surface area contributed by atoms with E-state index in [1.165, 1.54) is 0 Å². The molecule has 0 unspecified atom stereocenters. The number of benzene rings is 1. The van der Waals surface area contributed by atoms with Crippen LogP contribution in [0, 0.1) is 5.41 Å². The highest BCUT2D eigenvalue weighted by molar-refractivity contribution is 6.33. The van der Waals surface area contributed by atoms with Gasteiger partial charge in [-0.15, -0.1) is 0 Å². The Morgan fingerprint density at radius 1 is 1.16 bits per heavy atom. The quantitative estimate of drug-likeness (QED) is 0.920. The summed E-state index contributed by atoms with van der Waals surface area (Å²) in [6.45, 7) is 10.5. The molecule has 0 spiro atoms. The molecule has 0 atom stereocenters. The summed E-state index contributed by atoms with van der Waals surface area (Å²) in [4.78, 5) is 4.87. The lowest BCUT2D eigenvalue weighted by Gasteiger charge is -2.39. The predicted octanol–water partition coefficient (Wildman–Crippen LogP) is 2.45. The van der Waals surface area contributed by atoms with Crippen molar-refractivity contribution >= 4 is 17.3 Å². The fourth-order valence-electron chi connectivity index (χ4n) is 2.52. The summed E-state index contributed by atoms with van der Waals surface area (Å²) < 4.78 is 0. The van der Waals surface area contributed by atoms with Crippen LogP contribution in [0.3, 0.4) is 0 Å². The third-order valence-corrected chi connectivity index (χ3v) is 4.09. The molecule has 3 nitrogen and oxygen atoms in total. The van der Waals surface area contributed by atoms with Crippen LogP contribution in [0.1, 0.15) is 13.8 Å². The van der Waals surface area contributed by atoms with Crippen LogP contribution in [0.15, 0.2) is 24.3 Å². The molecule has 2 N–H and O–H groups in total. The highest BCUT2D eigenvalue weighted by Gasteiger charge is 2.24. The minimum atomic E-state index is 0.201. The molecule has 0 saturated carbocycles. The van der Waals surface area contributed by atoms with Crippen LogP contribution in [0.2, 0.25) is 5.02 Å². The van der Waals surface area contributed by atoms with E-state index in [-0.39, 0.29) is 5.41 Å². The van der Waals surface area contributed by atoms with Crippen LogP contribution < -0.4 is 10.6 Å². The molecule has 4 heteroatoms. The molecular weight excluding hydrogens is 258 g/mol. The number of rotatable bonds is 4. The van der Waals surface area contributed by atoms with E-state index < -0.39 is 0 Å². The van der Waals surface area contributed by atoms with Gasteiger partial charge in [0.1, 0.15) is 0 Å². The highest BCUT2D eigenvalue weighted by atomic mass is 35.5. The lowest BCUT2D eigenvalue weighted by atomic mass is 9.93. The second-order valence-electron chi connectivity index (χ2n) is 6.08. The normalized spacial score (nSPS) is 17.8. The number of nitrogens with zero attached hydrogens (tertiary/aromatic N) is 2. The molecule has 0 bridgehead atoms. The van der Waals surface area contributed by atoms with E-state index >= 15 is 0 Å². The average molecular weight is 282 g/mol. The standard InChI is InChI=1S/C15H24ClN3/c1-15(2,11-17)12-18-7-9-19(10-8-18)14-6-4-3-5-13(14)16/h3-6H,7-12,17H2,1-2H3. The molecule has 2 rings (SSSR count). The molecule has 106 valence electrons. The van der Waals surface area contributed by atoms with Crippen molar-refractivity contribution in [2.24, 2.45) is 11.1 Å². The highest BCUT2D eigenvalue weighted by Crippen LogP contribution is 2.26. The summed E-state index contributed by atoms with van der Waals surface area (Å²) >= 11 is 6.25. The number of para-hydroxylation sites is 1. The topological polar surface area (TPSA) is 32.5 Å². The fraction of sp³-hybridized carbons (Fsp3) is 0.600. The maximum Gasteiger partial charge on any atom is 0.0639 e. The van der Waals surface area contributed by atoms with Crippen molar-refractivity contribution < 1.29 is 0 Å². The molecule has 0 aliphatic carbocycles. The number of anilines is 1. The Morgan fingerprint density at radius 2 is 1.79 bits per heavy atom. The van der Waals surface area contributed by atoms with Crippen molar-refractivity contribution in [3.05, 3.63) is 29.3 Å². The van der Waals surface area contributed by atoms with Crippen molar-refractivity contribution in [3.8, 4) is 0 Å². The van der Waals surface area contributed by atoms with Gasteiger partial charge in [0, 0.05) is 32.7 Å². The minimum Gasteiger partial charge on any atom is -0.368 e. The molecule has 0 radical (unpaired) electrons. The van der Waals surface area contributed by atoms with Gasteiger partial charge < -0.3 is 10.6 Å². The Morgan fingerprint density at radius 3 is 2.37 bits per heavy atom. The van der Waals surface area contributed by atoms with Gasteiger partial charge in [-0.3, -0.25) is 4.90 Å². The SMILES string of the molecule is CC(C)(CN)CN1CCN(c2ccccc2Cl)CC1. The first-order valence-corrected chi connectivity index (χ1v) is 7.31. The second kappa shape index (κ2) is 6.12. The van der Waals surface area contributed by atoms with E-state index in [1.54, 1.807) is 0 Å². The molecule has 1 aromatic carbocycles. The van der Waals surface area contributed by atoms with E-state index in [2.05, 4.69) is 29.7 Å². The van der Waals surface area contributed by atoms with Crippen molar-refractivity contribution in [2.75, 3.05) is 44.2 Å². The second-order valence-corrected chi connectivity index (χ2v) is 6.49. The third-order valence-electron chi connectivity index (χ3n) is 3.77. The summed E-state index contributed by atoms with van der Waals surface area (Å²) in [5.74, 6) is 0. The van der Waals surface area contributed by atoms with Crippen LogP contribution in [-0.2, 0) is 0 Å². The monoisotopic (exact) mass is 281 g/mol. The smallest absolute Gasteiger partial charge is 0.0639 e. The van der Waals surface area contributed by atoms with Gasteiger partial charge in [-0.2, -0.15) is 0 Å². The van der Waals surface area contributed by atoms with E-state index in [0.717, 1.165) is 50.0 Å². The first-order valence-electron chi connectivity index (χ1n) is 6.94. The van der Waals surface area contributed by atoms with Gasteiger partial charge >= 0.3 is 0 Å². The number of piperazine rings is 1. The number of hydrogen-bond donors (Lipinski definition) is 1. The average Bonchev–Trinajstić information content (AvgIpc) is 2.40. The number of hydrogen-bond acceptors (Lipinski definition) is 3. The van der Waals surface area contributed by atoms with Crippen LogP contribution in [-0.4, -0.2) is 44.2 Å². The van der Waals surface area contributed by atoms with Gasteiger partial charge in [-0.1, -0.05) is 37.6 Å². The van der Waals surface area contributed by atoms with Crippen LogP contribution in [0.25, 0.3) is 0 Å². The molecule has 1 saturated heterocycles. The van der Waals surface area contributed by atoms with E-state index in [4.69, 9.17) is 17.3 Å². The first kappa shape index (κ1) is 14.6. The number of halogens is 1. The van der Waals surface area contributed by atoms with Crippen LogP contribution in [0.5, 0.6) is 0 Å². The summed E-state index contributed by atoms with van der Waals surface area (Å²) in [5, 5.41) is 0.846. The Labute approximate surface area is 121 Å². The lowest BCUT2D eigenvalue weighted by Crippen LogP contribution is -2.50. The Bertz CT molecular complexity index is 412. The zero-order valence-corrected chi connectivity index (χ0v) is 12.7. The molecule has 0 aromatic heterocycles. The molecule has 1 aliphatic rings. The first-order chi connectivity index (χ1) is 9.02. The van der Waals surface area contributed by atoms with E-state index in [1.807, 2.05) is 18.2 Å². The maximum atomic E-state index is 6.25.